The molecule has 1 aliphatic carbocycles. The Morgan fingerprint density at radius 3 is 2.83 bits per heavy atom. The number of benzene rings is 1. The first-order valence-corrected chi connectivity index (χ1v) is 12.5. The van der Waals surface area contributed by atoms with Gasteiger partial charge in [0.1, 0.15) is 0 Å². The van der Waals surface area contributed by atoms with Crippen LogP contribution in [0.25, 0.3) is 22.2 Å². The first kappa shape index (κ1) is 21.9. The van der Waals surface area contributed by atoms with E-state index in [9.17, 15) is 9.59 Å². The number of aromatic nitrogens is 3. The Labute approximate surface area is 204 Å². The summed E-state index contributed by atoms with van der Waals surface area (Å²) in [7, 11) is 1.85. The molecule has 2 aromatic heterocycles. The number of urea groups is 2. The Kier molecular flexibility index (Phi) is 5.16. The summed E-state index contributed by atoms with van der Waals surface area (Å²) in [6.45, 7) is 4.93. The molecule has 3 aliphatic rings. The predicted octanol–water partition coefficient (Wildman–Crippen LogP) is 3.80. The molecule has 0 radical (unpaired) electrons. The van der Waals surface area contributed by atoms with E-state index in [2.05, 4.69) is 32.4 Å². The van der Waals surface area contributed by atoms with E-state index in [-0.39, 0.29) is 17.5 Å². The van der Waals surface area contributed by atoms with Crippen molar-refractivity contribution in [3.63, 3.8) is 0 Å². The van der Waals surface area contributed by atoms with Crippen molar-refractivity contribution in [2.45, 2.75) is 50.6 Å². The van der Waals surface area contributed by atoms with Gasteiger partial charge < -0.3 is 20.4 Å². The minimum atomic E-state index is -0.0915. The lowest BCUT2D eigenvalue weighted by Gasteiger charge is -2.23. The number of amides is 4. The molecular formula is C26H31N7O2. The molecule has 1 atom stereocenters. The summed E-state index contributed by atoms with van der Waals surface area (Å²) in [5.41, 5.74) is 4.55. The van der Waals surface area contributed by atoms with Crippen molar-refractivity contribution in [3.05, 3.63) is 42.2 Å². The Hall–Kier alpha value is -3.62. The molecule has 4 amide bonds. The zero-order chi connectivity index (χ0) is 24.2. The number of carbonyl (C=O) groups is 2. The lowest BCUT2D eigenvalue weighted by Crippen LogP contribution is -2.40. The van der Waals surface area contributed by atoms with Crippen LogP contribution in [-0.2, 0) is 12.0 Å². The van der Waals surface area contributed by atoms with Crippen molar-refractivity contribution in [3.8, 4) is 11.3 Å². The monoisotopic (exact) mass is 473 g/mol. The number of nitrogens with zero attached hydrogens (tertiary/aromatic N) is 5. The van der Waals surface area contributed by atoms with Crippen molar-refractivity contribution in [1.29, 1.82) is 0 Å². The maximum Gasteiger partial charge on any atom is 0.321 e. The van der Waals surface area contributed by atoms with Gasteiger partial charge in [-0.25, -0.2) is 9.59 Å². The number of hydrogen-bond acceptors (Lipinski definition) is 4. The zero-order valence-corrected chi connectivity index (χ0v) is 20.3. The molecule has 182 valence electrons. The van der Waals surface area contributed by atoms with E-state index in [1.165, 1.54) is 5.69 Å². The lowest BCUT2D eigenvalue weighted by molar-refractivity contribution is 0.206. The maximum absolute atomic E-state index is 12.7. The van der Waals surface area contributed by atoms with Gasteiger partial charge in [0.15, 0.2) is 0 Å². The van der Waals surface area contributed by atoms with Crippen molar-refractivity contribution < 1.29 is 9.59 Å². The van der Waals surface area contributed by atoms with E-state index >= 15 is 0 Å². The molecule has 1 saturated heterocycles. The third kappa shape index (κ3) is 3.79. The Balaban J connectivity index is 1.29. The zero-order valence-electron chi connectivity index (χ0n) is 20.3. The molecule has 6 rings (SSSR count). The maximum atomic E-state index is 12.7. The third-order valence-corrected chi connectivity index (χ3v) is 7.77. The van der Waals surface area contributed by atoms with Crippen LogP contribution in [0.15, 0.2) is 36.5 Å². The van der Waals surface area contributed by atoms with E-state index in [1.54, 1.807) is 4.90 Å². The highest BCUT2D eigenvalue weighted by Crippen LogP contribution is 2.44. The first-order chi connectivity index (χ1) is 17.0. The normalized spacial score (nSPS) is 20.9. The highest BCUT2D eigenvalue weighted by atomic mass is 16.2. The van der Waals surface area contributed by atoms with Gasteiger partial charge in [0.05, 0.1) is 16.9 Å². The average Bonchev–Trinajstić information content (AvgIpc) is 3.33. The van der Waals surface area contributed by atoms with Crippen LogP contribution in [0.4, 0.5) is 15.3 Å². The topological polar surface area (TPSA) is 95.4 Å². The van der Waals surface area contributed by atoms with Crippen LogP contribution in [0.5, 0.6) is 0 Å². The molecule has 2 N–H and O–H groups in total. The number of rotatable bonds is 4. The second-order valence-corrected chi connectivity index (χ2v) is 10.0. The lowest BCUT2D eigenvalue weighted by atomic mass is 9.82. The van der Waals surface area contributed by atoms with Crippen LogP contribution in [0.1, 0.15) is 38.3 Å². The van der Waals surface area contributed by atoms with E-state index in [1.807, 2.05) is 43.3 Å². The number of carbonyl (C=O) groups excluding carboxylic acids is 2. The standard InChI is InChI=1S/C26H31N7O2/c1-3-27-24(34)32-11-9-26(16-32)10-12-33-23(26)14-22(30-33)17-13-19-20(28-15-17)5-4-6-21(19)29-25(35)31(2)18-7-8-18/h4-6,13-15,18H,3,7-12,16H2,1-2H3,(H,27,34)(H,29,35). The SMILES string of the molecule is CCNC(=O)N1CCC2(CCn3nc(-c4cnc5cccc(NC(=O)N(C)C6CC6)c5c4)cc32)C1. The Bertz CT molecular complexity index is 1310. The van der Waals surface area contributed by atoms with Crippen molar-refractivity contribution in [2.24, 2.45) is 0 Å². The largest absolute Gasteiger partial charge is 0.338 e. The first-order valence-electron chi connectivity index (χ1n) is 12.5. The van der Waals surface area contributed by atoms with Gasteiger partial charge in [-0.05, 0) is 56.9 Å². The summed E-state index contributed by atoms with van der Waals surface area (Å²) in [6.07, 6.45) is 5.95. The number of anilines is 1. The number of hydrogen-bond donors (Lipinski definition) is 2. The van der Waals surface area contributed by atoms with E-state index < -0.39 is 0 Å². The second kappa shape index (κ2) is 8.25. The second-order valence-electron chi connectivity index (χ2n) is 10.0. The fraction of sp³-hybridized carbons (Fsp3) is 0.462. The Morgan fingerprint density at radius 1 is 1.20 bits per heavy atom. The van der Waals surface area contributed by atoms with Crippen LogP contribution in [0.3, 0.4) is 0 Å². The molecule has 9 nitrogen and oxygen atoms in total. The molecule has 0 bridgehead atoms. The fourth-order valence-electron chi connectivity index (χ4n) is 5.55. The summed E-state index contributed by atoms with van der Waals surface area (Å²) in [4.78, 5) is 33.5. The van der Waals surface area contributed by atoms with Crippen molar-refractivity contribution in [1.82, 2.24) is 29.9 Å². The van der Waals surface area contributed by atoms with Crippen LogP contribution < -0.4 is 10.6 Å². The predicted molar refractivity (Wildman–Crippen MR) is 134 cm³/mol. The van der Waals surface area contributed by atoms with Gasteiger partial charge >= 0.3 is 12.1 Å². The van der Waals surface area contributed by atoms with Gasteiger partial charge in [0.25, 0.3) is 0 Å². The van der Waals surface area contributed by atoms with Crippen LogP contribution in [0, 0.1) is 0 Å². The quantitative estimate of drug-likeness (QED) is 0.603. The van der Waals surface area contributed by atoms with E-state index in [0.717, 1.165) is 73.2 Å². The molecule has 1 saturated carbocycles. The molecule has 35 heavy (non-hydrogen) atoms. The van der Waals surface area contributed by atoms with Crippen LogP contribution in [-0.4, -0.2) is 69.4 Å². The minimum absolute atomic E-state index is 0.0169. The van der Waals surface area contributed by atoms with Crippen LogP contribution >= 0.6 is 0 Å². The molecule has 2 fully saturated rings. The number of fused-ring (bicyclic) bond motifs is 3. The van der Waals surface area contributed by atoms with E-state index in [0.29, 0.717) is 12.6 Å². The molecule has 1 aromatic carbocycles. The van der Waals surface area contributed by atoms with Gasteiger partial charge in [-0.2, -0.15) is 5.10 Å². The van der Waals surface area contributed by atoms with Gasteiger partial charge in [0.2, 0.25) is 0 Å². The van der Waals surface area contributed by atoms with Crippen molar-refractivity contribution in [2.75, 3.05) is 32.0 Å². The number of nitrogens with one attached hydrogen (secondary N) is 2. The fourth-order valence-corrected chi connectivity index (χ4v) is 5.55. The number of aryl methyl sites for hydroxylation is 1. The molecule has 2 aliphatic heterocycles. The van der Waals surface area contributed by atoms with Gasteiger partial charge in [0, 0.05) is 67.5 Å². The summed E-state index contributed by atoms with van der Waals surface area (Å²) < 4.78 is 2.10. The molecule has 4 heterocycles. The third-order valence-electron chi connectivity index (χ3n) is 7.77. The highest BCUT2D eigenvalue weighted by Gasteiger charge is 2.46. The average molecular weight is 474 g/mol. The van der Waals surface area contributed by atoms with Gasteiger partial charge in [-0.1, -0.05) is 6.07 Å². The number of likely N-dealkylation sites (tertiary alicyclic amines) is 1. The van der Waals surface area contributed by atoms with Gasteiger partial charge in [-0.3, -0.25) is 9.67 Å². The highest BCUT2D eigenvalue weighted by molar-refractivity contribution is 6.01. The van der Waals surface area contributed by atoms with E-state index in [4.69, 9.17) is 5.10 Å². The summed E-state index contributed by atoms with van der Waals surface area (Å²) in [5, 5.41) is 11.8. The number of pyridine rings is 1. The molecule has 1 unspecified atom stereocenters. The van der Waals surface area contributed by atoms with Gasteiger partial charge in [-0.15, -0.1) is 0 Å². The smallest absolute Gasteiger partial charge is 0.321 e. The summed E-state index contributed by atoms with van der Waals surface area (Å²) in [6, 6.07) is 10.3. The molecule has 3 aromatic rings. The summed E-state index contributed by atoms with van der Waals surface area (Å²) in [5.74, 6) is 0. The van der Waals surface area contributed by atoms with Crippen molar-refractivity contribution >= 4 is 28.7 Å². The molecule has 1 spiro atoms. The van der Waals surface area contributed by atoms with Crippen LogP contribution in [0.2, 0.25) is 0 Å². The molecule has 9 heteroatoms. The summed E-state index contributed by atoms with van der Waals surface area (Å²) >= 11 is 0. The minimum Gasteiger partial charge on any atom is -0.338 e. The molecular weight excluding hydrogens is 442 g/mol. The Morgan fingerprint density at radius 2 is 2.03 bits per heavy atom.